The molecule has 1 unspecified atom stereocenters. The number of hydrogen-bond acceptors (Lipinski definition) is 2. The number of nitrogens with one attached hydrogen (secondary N) is 1. The molecule has 0 aliphatic heterocycles. The van der Waals surface area contributed by atoms with Gasteiger partial charge in [-0.25, -0.2) is 0 Å². The maximum absolute atomic E-state index is 5.23. The maximum atomic E-state index is 5.23. The second-order valence-corrected chi connectivity index (χ2v) is 4.80. The van der Waals surface area contributed by atoms with E-state index in [2.05, 4.69) is 48.6 Å². The highest BCUT2D eigenvalue weighted by Crippen LogP contribution is 2.18. The van der Waals surface area contributed by atoms with Gasteiger partial charge in [0.25, 0.3) is 0 Å². The lowest BCUT2D eigenvalue weighted by Crippen LogP contribution is -2.15. The highest BCUT2D eigenvalue weighted by molar-refractivity contribution is 5.48. The Balaban J connectivity index is 1.85. The highest BCUT2D eigenvalue weighted by atomic mass is 16.5. The van der Waals surface area contributed by atoms with Crippen LogP contribution in [-0.4, -0.2) is 13.2 Å². The molecule has 0 spiro atoms. The minimum atomic E-state index is 0.437. The fraction of sp³-hybridized carbons (Fsp3) is 0.294. The molecule has 19 heavy (non-hydrogen) atoms. The van der Waals surface area contributed by atoms with Crippen molar-refractivity contribution in [3.05, 3.63) is 60.2 Å². The zero-order chi connectivity index (χ0) is 13.5. The topological polar surface area (TPSA) is 21.3 Å². The molecule has 0 aliphatic carbocycles. The van der Waals surface area contributed by atoms with Gasteiger partial charge >= 0.3 is 0 Å². The van der Waals surface area contributed by atoms with E-state index in [1.165, 1.54) is 5.56 Å². The summed E-state index contributed by atoms with van der Waals surface area (Å²) >= 11 is 0. The Labute approximate surface area is 115 Å². The van der Waals surface area contributed by atoms with Crippen molar-refractivity contribution in [3.8, 4) is 5.75 Å². The lowest BCUT2D eigenvalue weighted by atomic mass is 10.1. The summed E-state index contributed by atoms with van der Waals surface area (Å²) < 4.78 is 5.23. The molecule has 0 aliphatic rings. The summed E-state index contributed by atoms with van der Waals surface area (Å²) in [6.07, 6.45) is 2.21. The van der Waals surface area contributed by atoms with E-state index in [4.69, 9.17) is 4.74 Å². The molecular formula is C17H21NO. The minimum absolute atomic E-state index is 0.437. The number of hydrogen-bond donors (Lipinski definition) is 1. The number of methoxy groups -OCH3 is 1. The van der Waals surface area contributed by atoms with Crippen LogP contribution in [-0.2, 0) is 6.42 Å². The van der Waals surface area contributed by atoms with Crippen LogP contribution in [0.15, 0.2) is 54.6 Å². The van der Waals surface area contributed by atoms with Crippen LogP contribution in [0.4, 0.5) is 5.69 Å². The van der Waals surface area contributed by atoms with Crippen LogP contribution in [0.5, 0.6) is 5.75 Å². The van der Waals surface area contributed by atoms with Crippen LogP contribution in [0.2, 0.25) is 0 Å². The van der Waals surface area contributed by atoms with Gasteiger partial charge in [0.05, 0.1) is 7.11 Å². The molecule has 1 N–H and O–H groups in total. The molecule has 2 rings (SSSR count). The van der Waals surface area contributed by atoms with Gasteiger partial charge in [-0.3, -0.25) is 0 Å². The van der Waals surface area contributed by atoms with E-state index >= 15 is 0 Å². The molecule has 0 bridgehead atoms. The zero-order valence-corrected chi connectivity index (χ0v) is 11.6. The Bertz CT molecular complexity index is 496. The van der Waals surface area contributed by atoms with E-state index in [-0.39, 0.29) is 0 Å². The zero-order valence-electron chi connectivity index (χ0n) is 11.6. The van der Waals surface area contributed by atoms with Crippen molar-refractivity contribution in [1.82, 2.24) is 0 Å². The first kappa shape index (κ1) is 13.5. The standard InChI is InChI=1S/C17H21NO/c1-14(11-12-15-7-4-3-5-8-15)18-16-9-6-10-17(13-16)19-2/h3-10,13-14,18H,11-12H2,1-2H3. The average Bonchev–Trinajstić information content (AvgIpc) is 2.46. The molecular weight excluding hydrogens is 234 g/mol. The molecule has 2 nitrogen and oxygen atoms in total. The van der Waals surface area contributed by atoms with Gasteiger partial charge in [-0.05, 0) is 37.5 Å². The Morgan fingerprint density at radius 1 is 1.05 bits per heavy atom. The molecule has 0 amide bonds. The monoisotopic (exact) mass is 255 g/mol. The van der Waals surface area contributed by atoms with Crippen molar-refractivity contribution in [1.29, 1.82) is 0 Å². The molecule has 0 heterocycles. The number of anilines is 1. The molecule has 2 heteroatoms. The summed E-state index contributed by atoms with van der Waals surface area (Å²) in [5.74, 6) is 0.889. The summed E-state index contributed by atoms with van der Waals surface area (Å²) in [6.45, 7) is 2.21. The second-order valence-electron chi connectivity index (χ2n) is 4.80. The van der Waals surface area contributed by atoms with Gasteiger partial charge in [0.1, 0.15) is 5.75 Å². The number of aryl methyl sites for hydroxylation is 1. The van der Waals surface area contributed by atoms with E-state index in [1.807, 2.05) is 18.2 Å². The van der Waals surface area contributed by atoms with Gasteiger partial charge in [-0.1, -0.05) is 36.4 Å². The van der Waals surface area contributed by atoms with Gasteiger partial charge in [0.15, 0.2) is 0 Å². The van der Waals surface area contributed by atoms with Gasteiger partial charge in [0.2, 0.25) is 0 Å². The fourth-order valence-electron chi connectivity index (χ4n) is 2.10. The summed E-state index contributed by atoms with van der Waals surface area (Å²) in [5, 5.41) is 3.51. The van der Waals surface area contributed by atoms with Crippen LogP contribution < -0.4 is 10.1 Å². The minimum Gasteiger partial charge on any atom is -0.497 e. The normalized spacial score (nSPS) is 11.9. The third-order valence-electron chi connectivity index (χ3n) is 3.19. The summed E-state index contributed by atoms with van der Waals surface area (Å²) in [4.78, 5) is 0. The van der Waals surface area contributed by atoms with Crippen LogP contribution in [0.3, 0.4) is 0 Å². The van der Waals surface area contributed by atoms with E-state index in [0.717, 1.165) is 24.3 Å². The van der Waals surface area contributed by atoms with E-state index in [0.29, 0.717) is 6.04 Å². The van der Waals surface area contributed by atoms with Crippen LogP contribution in [0, 0.1) is 0 Å². The fourth-order valence-corrected chi connectivity index (χ4v) is 2.10. The Morgan fingerprint density at radius 3 is 2.58 bits per heavy atom. The summed E-state index contributed by atoms with van der Waals surface area (Å²) in [7, 11) is 1.69. The quantitative estimate of drug-likeness (QED) is 0.838. The first-order valence-corrected chi connectivity index (χ1v) is 6.72. The van der Waals surface area contributed by atoms with Gasteiger partial charge in [0, 0.05) is 17.8 Å². The number of benzene rings is 2. The molecule has 0 saturated carbocycles. The predicted octanol–water partition coefficient (Wildman–Crippen LogP) is 4.13. The number of ether oxygens (including phenoxy) is 1. The number of rotatable bonds is 6. The molecule has 2 aromatic carbocycles. The van der Waals surface area contributed by atoms with E-state index in [9.17, 15) is 0 Å². The Hall–Kier alpha value is -1.96. The van der Waals surface area contributed by atoms with Crippen molar-refractivity contribution in [2.75, 3.05) is 12.4 Å². The first-order chi connectivity index (χ1) is 9.28. The average molecular weight is 255 g/mol. The van der Waals surface area contributed by atoms with Gasteiger partial charge < -0.3 is 10.1 Å². The van der Waals surface area contributed by atoms with Crippen LogP contribution >= 0.6 is 0 Å². The SMILES string of the molecule is COc1cccc(NC(C)CCc2ccccc2)c1. The summed E-state index contributed by atoms with van der Waals surface area (Å²) in [6, 6.07) is 19.1. The Kier molecular flexibility index (Phi) is 4.85. The van der Waals surface area contributed by atoms with Crippen LogP contribution in [0.25, 0.3) is 0 Å². The van der Waals surface area contributed by atoms with Crippen molar-refractivity contribution in [3.63, 3.8) is 0 Å². The lowest BCUT2D eigenvalue weighted by molar-refractivity contribution is 0.415. The second kappa shape index (κ2) is 6.83. The lowest BCUT2D eigenvalue weighted by Gasteiger charge is -2.15. The van der Waals surface area contributed by atoms with E-state index < -0.39 is 0 Å². The summed E-state index contributed by atoms with van der Waals surface area (Å²) in [5.41, 5.74) is 2.50. The van der Waals surface area contributed by atoms with Crippen LogP contribution in [0.1, 0.15) is 18.9 Å². The van der Waals surface area contributed by atoms with Gasteiger partial charge in [-0.2, -0.15) is 0 Å². The smallest absolute Gasteiger partial charge is 0.120 e. The predicted molar refractivity (Wildman–Crippen MR) is 80.8 cm³/mol. The molecule has 0 radical (unpaired) electrons. The van der Waals surface area contributed by atoms with Crippen molar-refractivity contribution in [2.24, 2.45) is 0 Å². The molecule has 0 saturated heterocycles. The maximum Gasteiger partial charge on any atom is 0.120 e. The molecule has 0 fully saturated rings. The molecule has 0 aromatic heterocycles. The first-order valence-electron chi connectivity index (χ1n) is 6.72. The highest BCUT2D eigenvalue weighted by Gasteiger charge is 2.03. The molecule has 100 valence electrons. The van der Waals surface area contributed by atoms with Crippen molar-refractivity contribution >= 4 is 5.69 Å². The Morgan fingerprint density at radius 2 is 1.84 bits per heavy atom. The van der Waals surface area contributed by atoms with Gasteiger partial charge in [-0.15, -0.1) is 0 Å². The largest absolute Gasteiger partial charge is 0.497 e. The molecule has 1 atom stereocenters. The third-order valence-corrected chi connectivity index (χ3v) is 3.19. The molecule has 2 aromatic rings. The van der Waals surface area contributed by atoms with E-state index in [1.54, 1.807) is 7.11 Å². The van der Waals surface area contributed by atoms with Crippen molar-refractivity contribution < 1.29 is 4.74 Å². The third kappa shape index (κ3) is 4.32. The van der Waals surface area contributed by atoms with Crippen molar-refractivity contribution in [2.45, 2.75) is 25.8 Å².